The fourth-order valence-electron chi connectivity index (χ4n) is 2.45. The van der Waals surface area contributed by atoms with E-state index in [0.29, 0.717) is 5.56 Å². The number of aryl methyl sites for hydroxylation is 1. The maximum atomic E-state index is 12.5. The standard InChI is InChI=1S/C18H16N2O7/c1-10-5-4-6-14(15(10)20(24)25)16(21)19-13-8-11(17(22)26-2)7-12(9-13)18(23)27-3/h4-9H,1-3H3,(H,19,21). The van der Waals surface area contributed by atoms with Crippen LogP contribution in [0.1, 0.15) is 36.6 Å². The number of esters is 2. The first-order valence-corrected chi connectivity index (χ1v) is 7.65. The number of nitro benzene ring substituents is 1. The molecule has 0 aromatic heterocycles. The predicted molar refractivity (Wildman–Crippen MR) is 94.9 cm³/mol. The summed E-state index contributed by atoms with van der Waals surface area (Å²) in [7, 11) is 2.34. The van der Waals surface area contributed by atoms with E-state index >= 15 is 0 Å². The fourth-order valence-corrected chi connectivity index (χ4v) is 2.45. The molecule has 0 aliphatic carbocycles. The lowest BCUT2D eigenvalue weighted by molar-refractivity contribution is -0.385. The summed E-state index contributed by atoms with van der Waals surface area (Å²) < 4.78 is 9.24. The first-order valence-electron chi connectivity index (χ1n) is 7.65. The number of hydrogen-bond acceptors (Lipinski definition) is 7. The molecule has 0 bridgehead atoms. The van der Waals surface area contributed by atoms with E-state index in [9.17, 15) is 24.5 Å². The zero-order chi connectivity index (χ0) is 20.1. The number of nitrogens with one attached hydrogen (secondary N) is 1. The molecule has 140 valence electrons. The molecule has 2 aromatic carbocycles. The first kappa shape index (κ1) is 19.6. The quantitative estimate of drug-likeness (QED) is 0.486. The minimum atomic E-state index is -0.761. The van der Waals surface area contributed by atoms with Crippen LogP contribution in [0, 0.1) is 17.0 Å². The van der Waals surface area contributed by atoms with E-state index in [1.807, 2.05) is 0 Å². The lowest BCUT2D eigenvalue weighted by Gasteiger charge is -2.10. The monoisotopic (exact) mass is 372 g/mol. The number of amides is 1. The zero-order valence-corrected chi connectivity index (χ0v) is 14.8. The molecule has 0 saturated heterocycles. The number of carbonyl (C=O) groups is 3. The normalized spacial score (nSPS) is 10.0. The highest BCUT2D eigenvalue weighted by atomic mass is 16.6. The number of hydrogen-bond donors (Lipinski definition) is 1. The Labute approximate surface area is 154 Å². The van der Waals surface area contributed by atoms with Gasteiger partial charge in [-0.15, -0.1) is 0 Å². The van der Waals surface area contributed by atoms with E-state index in [-0.39, 0.29) is 28.1 Å². The van der Waals surface area contributed by atoms with Gasteiger partial charge in [-0.25, -0.2) is 9.59 Å². The van der Waals surface area contributed by atoms with Crippen LogP contribution < -0.4 is 5.32 Å². The van der Waals surface area contributed by atoms with E-state index in [0.717, 1.165) is 0 Å². The fraction of sp³-hybridized carbons (Fsp3) is 0.167. The molecule has 2 aromatic rings. The molecule has 27 heavy (non-hydrogen) atoms. The maximum absolute atomic E-state index is 12.5. The highest BCUT2D eigenvalue weighted by Gasteiger charge is 2.23. The van der Waals surface area contributed by atoms with Crippen LogP contribution in [-0.4, -0.2) is 37.0 Å². The van der Waals surface area contributed by atoms with Crippen molar-refractivity contribution >= 4 is 29.2 Å². The van der Waals surface area contributed by atoms with E-state index in [1.165, 1.54) is 57.5 Å². The Morgan fingerprint density at radius 3 is 2.04 bits per heavy atom. The number of ether oxygens (including phenoxy) is 2. The third-order valence-electron chi connectivity index (χ3n) is 3.70. The number of carbonyl (C=O) groups excluding carboxylic acids is 3. The molecule has 0 fully saturated rings. The van der Waals surface area contributed by atoms with Gasteiger partial charge >= 0.3 is 11.9 Å². The summed E-state index contributed by atoms with van der Waals surface area (Å²) in [5, 5.41) is 13.7. The summed E-state index contributed by atoms with van der Waals surface area (Å²) in [6, 6.07) is 8.17. The van der Waals surface area contributed by atoms with E-state index in [4.69, 9.17) is 0 Å². The molecule has 1 N–H and O–H groups in total. The Hall–Kier alpha value is -3.75. The number of nitro groups is 1. The molecular weight excluding hydrogens is 356 g/mol. The summed E-state index contributed by atoms with van der Waals surface area (Å²) in [6.45, 7) is 1.52. The van der Waals surface area contributed by atoms with Crippen LogP contribution in [0.15, 0.2) is 36.4 Å². The molecule has 0 atom stereocenters. The minimum absolute atomic E-state index is 0.00874. The summed E-state index contributed by atoms with van der Waals surface area (Å²) >= 11 is 0. The Balaban J connectivity index is 2.46. The van der Waals surface area contributed by atoms with Crippen LogP contribution in [-0.2, 0) is 9.47 Å². The van der Waals surface area contributed by atoms with Crippen LogP contribution in [0.3, 0.4) is 0 Å². The maximum Gasteiger partial charge on any atom is 0.337 e. The number of para-hydroxylation sites is 1. The number of rotatable bonds is 5. The molecule has 0 aliphatic rings. The third-order valence-corrected chi connectivity index (χ3v) is 3.70. The van der Waals surface area contributed by atoms with E-state index < -0.39 is 22.8 Å². The number of nitrogens with zero attached hydrogens (tertiary/aromatic N) is 1. The number of methoxy groups -OCH3 is 2. The smallest absolute Gasteiger partial charge is 0.337 e. The predicted octanol–water partition coefficient (Wildman–Crippen LogP) is 2.73. The van der Waals surface area contributed by atoms with Crippen molar-refractivity contribution in [1.82, 2.24) is 0 Å². The largest absolute Gasteiger partial charge is 0.465 e. The van der Waals surface area contributed by atoms with Crippen LogP contribution in [0.4, 0.5) is 11.4 Å². The molecule has 0 spiro atoms. The summed E-state index contributed by atoms with van der Waals surface area (Å²) in [4.78, 5) is 46.8. The Bertz CT molecular complexity index is 903. The second kappa shape index (κ2) is 8.09. The molecule has 0 radical (unpaired) electrons. The Morgan fingerprint density at radius 2 is 1.56 bits per heavy atom. The highest BCUT2D eigenvalue weighted by Crippen LogP contribution is 2.25. The topological polar surface area (TPSA) is 125 Å². The van der Waals surface area contributed by atoms with Gasteiger partial charge in [-0.1, -0.05) is 12.1 Å². The molecule has 9 heteroatoms. The van der Waals surface area contributed by atoms with Crippen molar-refractivity contribution in [3.63, 3.8) is 0 Å². The van der Waals surface area contributed by atoms with E-state index in [2.05, 4.69) is 14.8 Å². The van der Waals surface area contributed by atoms with E-state index in [1.54, 1.807) is 0 Å². The average molecular weight is 372 g/mol. The van der Waals surface area contributed by atoms with Crippen LogP contribution in [0.2, 0.25) is 0 Å². The summed E-state index contributed by atoms with van der Waals surface area (Å²) in [5.41, 5.74) is -0.0513. The van der Waals surface area contributed by atoms with Crippen molar-refractivity contribution in [2.45, 2.75) is 6.92 Å². The molecule has 0 heterocycles. The van der Waals surface area contributed by atoms with Gasteiger partial charge in [-0.05, 0) is 31.2 Å². The third kappa shape index (κ3) is 4.27. The van der Waals surface area contributed by atoms with Crippen LogP contribution in [0.25, 0.3) is 0 Å². The van der Waals surface area contributed by atoms with Gasteiger partial charge in [0.15, 0.2) is 0 Å². The van der Waals surface area contributed by atoms with Gasteiger partial charge in [0.1, 0.15) is 5.56 Å². The summed E-state index contributed by atoms with van der Waals surface area (Å²) in [6.07, 6.45) is 0. The SMILES string of the molecule is COC(=O)c1cc(NC(=O)c2cccc(C)c2[N+](=O)[O-])cc(C(=O)OC)c1. The van der Waals surface area contributed by atoms with Crippen LogP contribution in [0.5, 0.6) is 0 Å². The second-order valence-corrected chi connectivity index (χ2v) is 5.46. The first-order chi connectivity index (χ1) is 12.8. The molecule has 2 rings (SSSR count). The van der Waals surface area contributed by atoms with Gasteiger partial charge in [-0.2, -0.15) is 0 Å². The lowest BCUT2D eigenvalue weighted by Crippen LogP contribution is -2.16. The number of benzene rings is 2. The molecule has 1 amide bonds. The van der Waals surface area contributed by atoms with Crippen LogP contribution >= 0.6 is 0 Å². The Kier molecular flexibility index (Phi) is 5.86. The summed E-state index contributed by atoms with van der Waals surface area (Å²) in [5.74, 6) is -2.21. The molecule has 0 aliphatic heterocycles. The number of anilines is 1. The molecular formula is C18H16N2O7. The van der Waals surface area contributed by atoms with Crippen molar-refractivity contribution in [2.75, 3.05) is 19.5 Å². The second-order valence-electron chi connectivity index (χ2n) is 5.46. The highest BCUT2D eigenvalue weighted by molar-refractivity contribution is 6.08. The van der Waals surface area contributed by atoms with Crippen molar-refractivity contribution in [3.8, 4) is 0 Å². The molecule has 0 saturated carbocycles. The van der Waals surface area contributed by atoms with Crippen molar-refractivity contribution in [1.29, 1.82) is 0 Å². The molecule has 0 unspecified atom stereocenters. The van der Waals surface area contributed by atoms with Gasteiger partial charge in [0.2, 0.25) is 0 Å². The van der Waals surface area contributed by atoms with Gasteiger partial charge < -0.3 is 14.8 Å². The van der Waals surface area contributed by atoms with Crippen molar-refractivity contribution in [3.05, 3.63) is 68.8 Å². The van der Waals surface area contributed by atoms with Gasteiger partial charge in [0.25, 0.3) is 11.6 Å². The average Bonchev–Trinajstić information content (AvgIpc) is 2.65. The van der Waals surface area contributed by atoms with Crippen molar-refractivity contribution in [2.24, 2.45) is 0 Å². The zero-order valence-electron chi connectivity index (χ0n) is 14.8. The molecule has 9 nitrogen and oxygen atoms in total. The van der Waals surface area contributed by atoms with Gasteiger partial charge in [-0.3, -0.25) is 14.9 Å². The van der Waals surface area contributed by atoms with Gasteiger partial charge in [0, 0.05) is 11.3 Å². The Morgan fingerprint density at radius 1 is 1.00 bits per heavy atom. The minimum Gasteiger partial charge on any atom is -0.465 e. The van der Waals surface area contributed by atoms with Crippen molar-refractivity contribution < 1.29 is 28.8 Å². The lowest BCUT2D eigenvalue weighted by atomic mass is 10.1. The van der Waals surface area contributed by atoms with Gasteiger partial charge in [0.05, 0.1) is 30.3 Å².